The number of halogens is 1. The second-order valence-corrected chi connectivity index (χ2v) is 4.25. The van der Waals surface area contributed by atoms with Crippen molar-refractivity contribution in [2.24, 2.45) is 0 Å². The van der Waals surface area contributed by atoms with Crippen LogP contribution in [0.1, 0.15) is 34.1 Å². The van der Waals surface area contributed by atoms with E-state index in [4.69, 9.17) is 4.74 Å². The highest BCUT2D eigenvalue weighted by Crippen LogP contribution is 2.20. The molecule has 0 heterocycles. The third kappa shape index (κ3) is 3.53. The quantitative estimate of drug-likeness (QED) is 0.475. The summed E-state index contributed by atoms with van der Waals surface area (Å²) in [6.45, 7) is 5.73. The maximum Gasteiger partial charge on any atom is 0.338 e. The number of hydrogen-bond donors (Lipinski definition) is 0. The van der Waals surface area contributed by atoms with Gasteiger partial charge in [-0.05, 0) is 30.7 Å². The van der Waals surface area contributed by atoms with E-state index in [9.17, 15) is 9.59 Å². The topological polar surface area (TPSA) is 43.4 Å². The van der Waals surface area contributed by atoms with Gasteiger partial charge in [0.1, 0.15) is 0 Å². The summed E-state index contributed by atoms with van der Waals surface area (Å²) in [6, 6.07) is 4.73. The van der Waals surface area contributed by atoms with Crippen LogP contribution in [-0.2, 0) is 4.74 Å². The molecule has 17 heavy (non-hydrogen) atoms. The molecule has 90 valence electrons. The summed E-state index contributed by atoms with van der Waals surface area (Å²) in [5, 5.41) is 0. The van der Waals surface area contributed by atoms with Crippen LogP contribution in [0.15, 0.2) is 35.3 Å². The van der Waals surface area contributed by atoms with Crippen LogP contribution in [0.25, 0.3) is 0 Å². The molecule has 0 aliphatic carbocycles. The van der Waals surface area contributed by atoms with Gasteiger partial charge in [0.25, 0.3) is 0 Å². The molecule has 4 heteroatoms. The molecule has 1 aromatic rings. The first-order valence-corrected chi connectivity index (χ1v) is 6.03. The van der Waals surface area contributed by atoms with Crippen molar-refractivity contribution in [3.05, 3.63) is 46.5 Å². The van der Waals surface area contributed by atoms with Gasteiger partial charge in [0, 0.05) is 10.0 Å². The Bertz CT molecular complexity index is 452. The van der Waals surface area contributed by atoms with Crippen molar-refractivity contribution in [3.8, 4) is 0 Å². The minimum Gasteiger partial charge on any atom is -0.462 e. The molecular formula is C13H13BrO3. The Morgan fingerprint density at radius 2 is 2.18 bits per heavy atom. The lowest BCUT2D eigenvalue weighted by atomic mass is 10.1. The number of ether oxygens (including phenoxy) is 1. The zero-order valence-electron chi connectivity index (χ0n) is 9.53. The molecule has 0 aromatic heterocycles. The van der Waals surface area contributed by atoms with Crippen LogP contribution in [0.2, 0.25) is 0 Å². The summed E-state index contributed by atoms with van der Waals surface area (Å²) in [5.41, 5.74) is 0.901. The van der Waals surface area contributed by atoms with Gasteiger partial charge in [-0.3, -0.25) is 4.79 Å². The number of esters is 1. The molecule has 0 bridgehead atoms. The maximum absolute atomic E-state index is 11.6. The maximum atomic E-state index is 11.6. The third-order valence-electron chi connectivity index (χ3n) is 2.09. The molecule has 0 fully saturated rings. The molecule has 0 saturated carbocycles. The second kappa shape index (κ2) is 6.35. The zero-order valence-corrected chi connectivity index (χ0v) is 11.1. The largest absolute Gasteiger partial charge is 0.462 e. The first-order valence-electron chi connectivity index (χ1n) is 5.23. The molecule has 0 N–H and O–H groups in total. The molecule has 1 rings (SSSR count). The van der Waals surface area contributed by atoms with E-state index >= 15 is 0 Å². The lowest BCUT2D eigenvalue weighted by molar-refractivity contribution is 0.0504. The third-order valence-corrected chi connectivity index (χ3v) is 2.75. The average molecular weight is 297 g/mol. The highest BCUT2D eigenvalue weighted by atomic mass is 79.9. The number of hydrogen-bond acceptors (Lipinski definition) is 3. The molecule has 3 nitrogen and oxygen atoms in total. The van der Waals surface area contributed by atoms with Gasteiger partial charge in [-0.25, -0.2) is 4.79 Å². The van der Waals surface area contributed by atoms with E-state index in [0.29, 0.717) is 22.2 Å². The molecular weight excluding hydrogens is 284 g/mol. The Morgan fingerprint density at radius 3 is 2.71 bits per heavy atom. The SMILES string of the molecule is C=CC(=O)c1ccc(C(=O)OCCC)cc1Br. The molecule has 0 saturated heterocycles. The number of benzene rings is 1. The standard InChI is InChI=1S/C13H13BrO3/c1-3-7-17-13(16)9-5-6-10(11(14)8-9)12(15)4-2/h4-6,8H,2-3,7H2,1H3. The molecule has 0 atom stereocenters. The summed E-state index contributed by atoms with van der Waals surface area (Å²) in [4.78, 5) is 23.0. The van der Waals surface area contributed by atoms with Crippen LogP contribution in [0.5, 0.6) is 0 Å². The molecule has 0 amide bonds. The number of ketones is 1. The van der Waals surface area contributed by atoms with Crippen molar-refractivity contribution >= 4 is 27.7 Å². The molecule has 0 unspecified atom stereocenters. The van der Waals surface area contributed by atoms with Crippen molar-refractivity contribution in [2.75, 3.05) is 6.61 Å². The lowest BCUT2D eigenvalue weighted by Crippen LogP contribution is -2.07. The minimum atomic E-state index is -0.384. The van der Waals surface area contributed by atoms with E-state index in [-0.39, 0.29) is 11.8 Å². The van der Waals surface area contributed by atoms with Crippen LogP contribution in [0.3, 0.4) is 0 Å². The summed E-state index contributed by atoms with van der Waals surface area (Å²) in [6.07, 6.45) is 2.01. The number of allylic oxidation sites excluding steroid dienone is 1. The van der Waals surface area contributed by atoms with E-state index in [1.165, 1.54) is 6.08 Å². The zero-order chi connectivity index (χ0) is 12.8. The van der Waals surface area contributed by atoms with E-state index in [1.54, 1.807) is 18.2 Å². The van der Waals surface area contributed by atoms with Crippen LogP contribution in [0, 0.1) is 0 Å². The van der Waals surface area contributed by atoms with Crippen LogP contribution in [-0.4, -0.2) is 18.4 Å². The van der Waals surface area contributed by atoms with Gasteiger partial charge in [0.05, 0.1) is 12.2 Å². The predicted molar refractivity (Wildman–Crippen MR) is 69.2 cm³/mol. The minimum absolute atomic E-state index is 0.189. The molecule has 0 spiro atoms. The normalized spacial score (nSPS) is 9.76. The smallest absolute Gasteiger partial charge is 0.338 e. The van der Waals surface area contributed by atoms with Crippen molar-refractivity contribution < 1.29 is 14.3 Å². The van der Waals surface area contributed by atoms with Gasteiger partial charge in [-0.2, -0.15) is 0 Å². The van der Waals surface area contributed by atoms with Gasteiger partial charge in [-0.15, -0.1) is 0 Å². The highest BCUT2D eigenvalue weighted by molar-refractivity contribution is 9.10. The van der Waals surface area contributed by atoms with Crippen LogP contribution >= 0.6 is 15.9 Å². The van der Waals surface area contributed by atoms with Gasteiger partial charge in [0.2, 0.25) is 0 Å². The van der Waals surface area contributed by atoms with Crippen molar-refractivity contribution in [3.63, 3.8) is 0 Å². The summed E-state index contributed by atoms with van der Waals surface area (Å²) in [7, 11) is 0. The summed E-state index contributed by atoms with van der Waals surface area (Å²) < 4.78 is 5.56. The fourth-order valence-corrected chi connectivity index (χ4v) is 1.80. The van der Waals surface area contributed by atoms with Crippen LogP contribution < -0.4 is 0 Å². The summed E-state index contributed by atoms with van der Waals surface area (Å²) in [5.74, 6) is -0.574. The predicted octanol–water partition coefficient (Wildman–Crippen LogP) is 3.38. The Balaban J connectivity index is 2.92. The Morgan fingerprint density at radius 1 is 1.47 bits per heavy atom. The van der Waals surface area contributed by atoms with Crippen LogP contribution in [0.4, 0.5) is 0 Å². The van der Waals surface area contributed by atoms with E-state index < -0.39 is 0 Å². The first kappa shape index (κ1) is 13.6. The highest BCUT2D eigenvalue weighted by Gasteiger charge is 2.12. The summed E-state index contributed by atoms with van der Waals surface area (Å²) >= 11 is 3.25. The average Bonchev–Trinajstić information content (AvgIpc) is 2.34. The fourth-order valence-electron chi connectivity index (χ4n) is 1.23. The van der Waals surface area contributed by atoms with Gasteiger partial charge >= 0.3 is 5.97 Å². The molecule has 1 aromatic carbocycles. The Labute approximate surface area is 109 Å². The van der Waals surface area contributed by atoms with Gasteiger partial charge in [0.15, 0.2) is 5.78 Å². The van der Waals surface area contributed by atoms with Gasteiger partial charge < -0.3 is 4.74 Å². The molecule has 0 radical (unpaired) electrons. The Hall–Kier alpha value is -1.42. The fraction of sp³-hybridized carbons (Fsp3) is 0.231. The molecule has 0 aliphatic heterocycles. The van der Waals surface area contributed by atoms with Crippen molar-refractivity contribution in [1.82, 2.24) is 0 Å². The Kier molecular flexibility index (Phi) is 5.10. The first-order chi connectivity index (χ1) is 8.10. The second-order valence-electron chi connectivity index (χ2n) is 3.40. The number of rotatable bonds is 5. The number of carbonyl (C=O) groups is 2. The van der Waals surface area contributed by atoms with E-state index in [2.05, 4.69) is 22.5 Å². The van der Waals surface area contributed by atoms with Crippen molar-refractivity contribution in [1.29, 1.82) is 0 Å². The van der Waals surface area contributed by atoms with Gasteiger partial charge in [-0.1, -0.05) is 29.4 Å². The van der Waals surface area contributed by atoms with Crippen molar-refractivity contribution in [2.45, 2.75) is 13.3 Å². The molecule has 0 aliphatic rings. The monoisotopic (exact) mass is 296 g/mol. The number of carbonyl (C=O) groups excluding carboxylic acids is 2. The van der Waals surface area contributed by atoms with E-state index in [1.807, 2.05) is 6.92 Å². The lowest BCUT2D eigenvalue weighted by Gasteiger charge is -2.05. The van der Waals surface area contributed by atoms with E-state index in [0.717, 1.165) is 6.42 Å².